The van der Waals surface area contributed by atoms with Crippen molar-refractivity contribution in [2.45, 2.75) is 88.5 Å². The van der Waals surface area contributed by atoms with Crippen LogP contribution in [0.4, 0.5) is 0 Å². The van der Waals surface area contributed by atoms with Crippen LogP contribution in [0.3, 0.4) is 0 Å². The topological polar surface area (TPSA) is 352 Å². The molecule has 272 valence electrons. The van der Waals surface area contributed by atoms with Crippen LogP contribution >= 0.6 is 0 Å². The van der Waals surface area contributed by atoms with Gasteiger partial charge in [0.2, 0.25) is 29.5 Å². The van der Waals surface area contributed by atoms with Gasteiger partial charge in [-0.15, -0.1) is 0 Å². The van der Waals surface area contributed by atoms with Gasteiger partial charge in [-0.05, 0) is 51.5 Å². The first-order chi connectivity index (χ1) is 22.9. The minimum absolute atomic E-state index is 0.0312. The number of amides is 5. The van der Waals surface area contributed by atoms with Crippen molar-refractivity contribution in [1.29, 1.82) is 0 Å². The average Bonchev–Trinajstić information content (AvgIpc) is 3.01. The molecule has 0 radical (unpaired) electrons. The van der Waals surface area contributed by atoms with E-state index in [9.17, 15) is 28.8 Å². The molecular formula is C30H50N12O7. The smallest absolute Gasteiger partial charge is 0.303 e. The fraction of sp³-hybridized carbons (Fsp3) is 0.533. The number of guanidine groups is 2. The molecule has 1 aromatic carbocycles. The van der Waals surface area contributed by atoms with Crippen LogP contribution in [-0.4, -0.2) is 95.3 Å². The summed E-state index contributed by atoms with van der Waals surface area (Å²) in [5.74, 6) is -5.29. The molecule has 49 heavy (non-hydrogen) atoms. The molecule has 1 aromatic rings. The van der Waals surface area contributed by atoms with E-state index in [0.717, 1.165) is 5.56 Å². The average molecular weight is 691 g/mol. The number of carbonyl (C=O) groups excluding carboxylic acids is 5. The summed E-state index contributed by atoms with van der Waals surface area (Å²) < 4.78 is 0. The SMILES string of the molecule is CC(C)(NC(=O)[C@H](CCCN=C(N)N)NC(=O)[C@@H](N)CCC(=O)O)C(=O)N[C@@H](CCCN=C(N)N)C(=O)N[C@@H](Cc1ccccc1)C(N)=O. The van der Waals surface area contributed by atoms with Crippen molar-refractivity contribution in [1.82, 2.24) is 21.3 Å². The van der Waals surface area contributed by atoms with E-state index in [0.29, 0.717) is 0 Å². The minimum Gasteiger partial charge on any atom is -0.481 e. The van der Waals surface area contributed by atoms with Crippen LogP contribution in [0, 0.1) is 0 Å². The molecule has 0 unspecified atom stereocenters. The van der Waals surface area contributed by atoms with Gasteiger partial charge < -0.3 is 60.8 Å². The Labute approximate surface area is 284 Å². The Balaban J connectivity index is 3.14. The molecule has 0 aliphatic rings. The predicted octanol–water partition coefficient (Wildman–Crippen LogP) is -3.64. The number of nitrogens with two attached hydrogens (primary N) is 6. The number of primary amides is 1. The molecule has 19 heteroatoms. The zero-order chi connectivity index (χ0) is 37.1. The Kier molecular flexibility index (Phi) is 17.6. The first-order valence-corrected chi connectivity index (χ1v) is 15.6. The number of carbonyl (C=O) groups is 6. The lowest BCUT2D eigenvalue weighted by Gasteiger charge is -2.30. The molecule has 5 amide bonds. The number of nitrogens with one attached hydrogen (secondary N) is 4. The highest BCUT2D eigenvalue weighted by Crippen LogP contribution is 2.10. The lowest BCUT2D eigenvalue weighted by molar-refractivity contribution is -0.138. The Morgan fingerprint density at radius 2 is 1.24 bits per heavy atom. The summed E-state index contributed by atoms with van der Waals surface area (Å²) in [6.07, 6.45) is 0.150. The summed E-state index contributed by atoms with van der Waals surface area (Å²) in [6.45, 7) is 3.03. The van der Waals surface area contributed by atoms with Gasteiger partial charge in [0.05, 0.1) is 6.04 Å². The molecule has 17 N–H and O–H groups in total. The highest BCUT2D eigenvalue weighted by molar-refractivity contribution is 5.97. The van der Waals surface area contributed by atoms with Gasteiger partial charge in [0.15, 0.2) is 11.9 Å². The highest BCUT2D eigenvalue weighted by Gasteiger charge is 2.36. The largest absolute Gasteiger partial charge is 0.481 e. The molecular weight excluding hydrogens is 640 g/mol. The molecule has 0 saturated carbocycles. The number of aliphatic imine (C=N–C) groups is 2. The van der Waals surface area contributed by atoms with Crippen LogP contribution in [0.5, 0.6) is 0 Å². The Morgan fingerprint density at radius 3 is 1.73 bits per heavy atom. The summed E-state index contributed by atoms with van der Waals surface area (Å²) in [5.41, 5.74) is 32.0. The van der Waals surface area contributed by atoms with E-state index in [1.165, 1.54) is 13.8 Å². The first-order valence-electron chi connectivity index (χ1n) is 15.6. The van der Waals surface area contributed by atoms with Crippen LogP contribution in [0.25, 0.3) is 0 Å². The summed E-state index contributed by atoms with van der Waals surface area (Å²) in [4.78, 5) is 83.9. The summed E-state index contributed by atoms with van der Waals surface area (Å²) in [6, 6.07) is 4.15. The van der Waals surface area contributed by atoms with Gasteiger partial charge in [0, 0.05) is 25.9 Å². The molecule has 0 heterocycles. The second-order valence-electron chi connectivity index (χ2n) is 11.8. The van der Waals surface area contributed by atoms with Crippen molar-refractivity contribution in [3.8, 4) is 0 Å². The summed E-state index contributed by atoms with van der Waals surface area (Å²) >= 11 is 0. The number of carboxylic acid groups (broad SMARTS) is 1. The number of nitrogens with zero attached hydrogens (tertiary/aromatic N) is 2. The van der Waals surface area contributed by atoms with E-state index < -0.39 is 65.2 Å². The fourth-order valence-corrected chi connectivity index (χ4v) is 4.37. The maximum absolute atomic E-state index is 13.5. The van der Waals surface area contributed by atoms with Crippen LogP contribution in [0.15, 0.2) is 40.3 Å². The fourth-order valence-electron chi connectivity index (χ4n) is 4.37. The van der Waals surface area contributed by atoms with Gasteiger partial charge >= 0.3 is 5.97 Å². The van der Waals surface area contributed by atoms with Gasteiger partial charge in [-0.3, -0.25) is 38.8 Å². The van der Waals surface area contributed by atoms with Crippen LogP contribution in [0.2, 0.25) is 0 Å². The third-order valence-electron chi connectivity index (χ3n) is 7.10. The Hall–Kier alpha value is -5.46. The van der Waals surface area contributed by atoms with Gasteiger partial charge in [-0.2, -0.15) is 0 Å². The van der Waals surface area contributed by atoms with Crippen LogP contribution in [0.1, 0.15) is 57.9 Å². The molecule has 0 aliphatic carbocycles. The lowest BCUT2D eigenvalue weighted by Crippen LogP contribution is -2.62. The van der Waals surface area contributed by atoms with Crippen molar-refractivity contribution < 1.29 is 33.9 Å². The molecule has 1 rings (SSSR count). The number of benzene rings is 1. The number of carboxylic acids is 1. The number of rotatable bonds is 22. The first kappa shape index (κ1) is 41.6. The highest BCUT2D eigenvalue weighted by atomic mass is 16.4. The molecule has 19 nitrogen and oxygen atoms in total. The second-order valence-corrected chi connectivity index (χ2v) is 11.8. The van der Waals surface area contributed by atoms with Crippen molar-refractivity contribution >= 4 is 47.4 Å². The molecule has 0 aliphatic heterocycles. The van der Waals surface area contributed by atoms with E-state index >= 15 is 0 Å². The van der Waals surface area contributed by atoms with E-state index in [1.54, 1.807) is 30.3 Å². The summed E-state index contributed by atoms with van der Waals surface area (Å²) in [5, 5.41) is 19.2. The second kappa shape index (κ2) is 20.7. The van der Waals surface area contributed by atoms with Gasteiger partial charge in [0.25, 0.3) is 0 Å². The van der Waals surface area contributed by atoms with E-state index in [1.807, 2.05) is 0 Å². The van der Waals surface area contributed by atoms with Crippen molar-refractivity contribution in [2.24, 2.45) is 44.4 Å². The van der Waals surface area contributed by atoms with Crippen LogP contribution in [-0.2, 0) is 35.2 Å². The Bertz CT molecular complexity index is 1350. The van der Waals surface area contributed by atoms with Crippen LogP contribution < -0.4 is 55.7 Å². The maximum Gasteiger partial charge on any atom is 0.303 e. The third-order valence-corrected chi connectivity index (χ3v) is 7.10. The monoisotopic (exact) mass is 690 g/mol. The quantitative estimate of drug-likeness (QED) is 0.0319. The maximum atomic E-state index is 13.5. The zero-order valence-electron chi connectivity index (χ0n) is 27.8. The van der Waals surface area contributed by atoms with Gasteiger partial charge in [-0.1, -0.05) is 30.3 Å². The normalized spacial score (nSPS) is 13.4. The number of hydrogen-bond donors (Lipinski definition) is 11. The molecule has 0 aromatic heterocycles. The van der Waals surface area contributed by atoms with Gasteiger partial charge in [-0.25, -0.2) is 0 Å². The van der Waals surface area contributed by atoms with Crippen molar-refractivity contribution in [2.75, 3.05) is 13.1 Å². The van der Waals surface area contributed by atoms with Crippen molar-refractivity contribution in [3.63, 3.8) is 0 Å². The molecule has 4 atom stereocenters. The summed E-state index contributed by atoms with van der Waals surface area (Å²) in [7, 11) is 0. The number of hydrogen-bond acceptors (Lipinski definition) is 9. The molecule has 0 fully saturated rings. The molecule has 0 saturated heterocycles. The third kappa shape index (κ3) is 16.8. The molecule has 0 spiro atoms. The zero-order valence-corrected chi connectivity index (χ0v) is 27.8. The van der Waals surface area contributed by atoms with Crippen molar-refractivity contribution in [3.05, 3.63) is 35.9 Å². The van der Waals surface area contributed by atoms with Gasteiger partial charge in [0.1, 0.15) is 23.7 Å². The standard InChI is InChI=1S/C30H50N12O7/c1-30(2,42-26(48)20(11-7-15-38-29(35)36)39-24(46)18(31)12-13-22(43)44)27(49)41-19(10-6-14-37-28(33)34)25(47)40-21(23(32)45)16-17-8-4-3-5-9-17/h3-5,8-9,18-21H,6-7,10-16,31H2,1-2H3,(H2,32,45)(H,39,46)(H,40,47)(H,41,49)(H,42,48)(H,43,44)(H4,33,34,37)(H4,35,36,38)/t18-,19-,20-,21-/m0/s1. The van der Waals surface area contributed by atoms with E-state index in [4.69, 9.17) is 39.5 Å². The predicted molar refractivity (Wildman–Crippen MR) is 182 cm³/mol. The van der Waals surface area contributed by atoms with E-state index in [2.05, 4.69) is 31.3 Å². The lowest BCUT2D eigenvalue weighted by atomic mass is 10.00. The van der Waals surface area contributed by atoms with E-state index in [-0.39, 0.29) is 70.0 Å². The Morgan fingerprint density at radius 1 is 0.735 bits per heavy atom. The minimum atomic E-state index is -1.64. The number of aliphatic carboxylic acids is 1. The molecule has 0 bridgehead atoms.